The number of carbonyl (C=O) groups excluding carboxylic acids is 1. The Labute approximate surface area is 110 Å². The largest absolute Gasteiger partial charge is 0.336 e. The van der Waals surface area contributed by atoms with Crippen molar-refractivity contribution in [2.45, 2.75) is 44.6 Å². The second kappa shape index (κ2) is 5.57. The zero-order chi connectivity index (χ0) is 13.2. The molecule has 0 aromatic carbocycles. The third-order valence-corrected chi connectivity index (χ3v) is 4.74. The van der Waals surface area contributed by atoms with E-state index >= 15 is 0 Å². The molecule has 104 valence electrons. The van der Waals surface area contributed by atoms with E-state index in [1.54, 1.807) is 0 Å². The second-order valence-corrected chi connectivity index (χ2v) is 6.31. The van der Waals surface area contributed by atoms with Crippen LogP contribution in [0.4, 0.5) is 0 Å². The van der Waals surface area contributed by atoms with Crippen molar-refractivity contribution in [3.63, 3.8) is 0 Å². The van der Waals surface area contributed by atoms with E-state index in [2.05, 4.69) is 18.9 Å². The first-order valence-corrected chi connectivity index (χ1v) is 7.24. The molecule has 2 fully saturated rings. The molecule has 4 nitrogen and oxygen atoms in total. The highest BCUT2D eigenvalue weighted by atomic mass is 16.2. The summed E-state index contributed by atoms with van der Waals surface area (Å²) in [5.41, 5.74) is 5.75. The van der Waals surface area contributed by atoms with Crippen molar-refractivity contribution >= 4 is 5.91 Å². The van der Waals surface area contributed by atoms with Gasteiger partial charge in [-0.3, -0.25) is 4.79 Å². The quantitative estimate of drug-likeness (QED) is 0.815. The van der Waals surface area contributed by atoms with Crippen LogP contribution in [0.1, 0.15) is 39.0 Å². The molecule has 2 unspecified atom stereocenters. The van der Waals surface area contributed by atoms with Gasteiger partial charge in [-0.25, -0.2) is 0 Å². The fourth-order valence-corrected chi connectivity index (χ4v) is 3.39. The van der Waals surface area contributed by atoms with Gasteiger partial charge in [0, 0.05) is 26.1 Å². The van der Waals surface area contributed by atoms with Crippen LogP contribution in [-0.4, -0.2) is 54.5 Å². The number of nitrogens with two attached hydrogens (primary N) is 1. The van der Waals surface area contributed by atoms with Crippen molar-refractivity contribution in [1.82, 2.24) is 9.80 Å². The number of rotatable bonds is 4. The number of hydrogen-bond acceptors (Lipinski definition) is 3. The SMILES string of the molecule is CN1CCC(CCC(=O)N2CCCC2(C)CN)C1. The van der Waals surface area contributed by atoms with E-state index in [4.69, 9.17) is 5.73 Å². The summed E-state index contributed by atoms with van der Waals surface area (Å²) in [5.74, 6) is 1.03. The topological polar surface area (TPSA) is 49.6 Å². The predicted octanol–water partition coefficient (Wildman–Crippen LogP) is 1.06. The summed E-state index contributed by atoms with van der Waals surface area (Å²) in [6.07, 6.45) is 5.15. The molecule has 0 bridgehead atoms. The van der Waals surface area contributed by atoms with Crippen molar-refractivity contribution < 1.29 is 4.79 Å². The smallest absolute Gasteiger partial charge is 0.223 e. The van der Waals surface area contributed by atoms with Gasteiger partial charge in [-0.15, -0.1) is 0 Å². The molecule has 0 aliphatic carbocycles. The first-order valence-electron chi connectivity index (χ1n) is 7.24. The van der Waals surface area contributed by atoms with Crippen molar-refractivity contribution in [1.29, 1.82) is 0 Å². The minimum absolute atomic E-state index is 0.0798. The molecule has 2 saturated heterocycles. The van der Waals surface area contributed by atoms with Crippen LogP contribution in [0, 0.1) is 5.92 Å². The van der Waals surface area contributed by atoms with Crippen LogP contribution < -0.4 is 5.73 Å². The number of carbonyl (C=O) groups is 1. The number of likely N-dealkylation sites (tertiary alicyclic amines) is 2. The average molecular weight is 253 g/mol. The molecule has 18 heavy (non-hydrogen) atoms. The van der Waals surface area contributed by atoms with E-state index in [0.717, 1.165) is 32.4 Å². The fourth-order valence-electron chi connectivity index (χ4n) is 3.39. The van der Waals surface area contributed by atoms with Crippen LogP contribution >= 0.6 is 0 Å². The summed E-state index contributed by atoms with van der Waals surface area (Å²) >= 11 is 0. The van der Waals surface area contributed by atoms with Gasteiger partial charge < -0.3 is 15.5 Å². The molecule has 2 heterocycles. The van der Waals surface area contributed by atoms with Gasteiger partial charge >= 0.3 is 0 Å². The molecule has 0 saturated carbocycles. The summed E-state index contributed by atoms with van der Waals surface area (Å²) in [5, 5.41) is 0. The van der Waals surface area contributed by atoms with E-state index in [1.807, 2.05) is 4.90 Å². The maximum atomic E-state index is 12.3. The highest BCUT2D eigenvalue weighted by molar-refractivity contribution is 5.77. The Kier molecular flexibility index (Phi) is 4.28. The molecule has 0 spiro atoms. The van der Waals surface area contributed by atoms with E-state index in [0.29, 0.717) is 24.8 Å². The van der Waals surface area contributed by atoms with Gasteiger partial charge in [-0.2, -0.15) is 0 Å². The highest BCUT2D eigenvalue weighted by Crippen LogP contribution is 2.29. The minimum Gasteiger partial charge on any atom is -0.336 e. The lowest BCUT2D eigenvalue weighted by Crippen LogP contribution is -2.50. The van der Waals surface area contributed by atoms with Crippen LogP contribution in [0.3, 0.4) is 0 Å². The average Bonchev–Trinajstić information content (AvgIpc) is 2.93. The van der Waals surface area contributed by atoms with Crippen LogP contribution in [-0.2, 0) is 4.79 Å². The summed E-state index contributed by atoms with van der Waals surface area (Å²) in [7, 11) is 2.16. The number of amides is 1. The Morgan fingerprint density at radius 1 is 1.44 bits per heavy atom. The number of nitrogens with zero attached hydrogens (tertiary/aromatic N) is 2. The Bertz CT molecular complexity index is 307. The van der Waals surface area contributed by atoms with Gasteiger partial charge in [0.2, 0.25) is 5.91 Å². The summed E-state index contributed by atoms with van der Waals surface area (Å²) in [6, 6.07) is 0. The minimum atomic E-state index is -0.0798. The molecule has 0 radical (unpaired) electrons. The lowest BCUT2D eigenvalue weighted by atomic mass is 9.97. The summed E-state index contributed by atoms with van der Waals surface area (Å²) < 4.78 is 0. The zero-order valence-electron chi connectivity index (χ0n) is 11.8. The Morgan fingerprint density at radius 3 is 2.83 bits per heavy atom. The molecule has 0 aromatic rings. The summed E-state index contributed by atoms with van der Waals surface area (Å²) in [4.78, 5) is 16.7. The maximum absolute atomic E-state index is 12.3. The van der Waals surface area contributed by atoms with Crippen molar-refractivity contribution in [2.75, 3.05) is 33.2 Å². The van der Waals surface area contributed by atoms with Crippen LogP contribution in [0.5, 0.6) is 0 Å². The lowest BCUT2D eigenvalue weighted by Gasteiger charge is -2.34. The Hall–Kier alpha value is -0.610. The van der Waals surface area contributed by atoms with Crippen molar-refractivity contribution in [2.24, 2.45) is 11.7 Å². The van der Waals surface area contributed by atoms with Crippen LogP contribution in [0.15, 0.2) is 0 Å². The monoisotopic (exact) mass is 253 g/mol. The highest BCUT2D eigenvalue weighted by Gasteiger charge is 2.38. The van der Waals surface area contributed by atoms with E-state index < -0.39 is 0 Å². The third-order valence-electron chi connectivity index (χ3n) is 4.74. The summed E-state index contributed by atoms with van der Waals surface area (Å²) in [6.45, 7) is 5.95. The van der Waals surface area contributed by atoms with Crippen molar-refractivity contribution in [3.05, 3.63) is 0 Å². The second-order valence-electron chi connectivity index (χ2n) is 6.31. The first kappa shape index (κ1) is 13.8. The van der Waals surface area contributed by atoms with E-state index in [9.17, 15) is 4.79 Å². The lowest BCUT2D eigenvalue weighted by molar-refractivity contribution is -0.134. The Balaban J connectivity index is 1.81. The first-order chi connectivity index (χ1) is 8.55. The van der Waals surface area contributed by atoms with Gasteiger partial charge in [0.15, 0.2) is 0 Å². The normalized spacial score (nSPS) is 33.3. The van der Waals surface area contributed by atoms with Gasteiger partial charge in [-0.05, 0) is 52.1 Å². The molecule has 2 N–H and O–H groups in total. The predicted molar refractivity (Wildman–Crippen MR) is 73.2 cm³/mol. The van der Waals surface area contributed by atoms with Crippen LogP contribution in [0.25, 0.3) is 0 Å². The number of hydrogen-bond donors (Lipinski definition) is 1. The molecule has 2 aliphatic heterocycles. The van der Waals surface area contributed by atoms with E-state index in [1.165, 1.54) is 13.0 Å². The zero-order valence-corrected chi connectivity index (χ0v) is 11.8. The molecule has 2 atom stereocenters. The van der Waals surface area contributed by atoms with Gasteiger partial charge in [0.1, 0.15) is 0 Å². The fraction of sp³-hybridized carbons (Fsp3) is 0.929. The molecule has 1 amide bonds. The van der Waals surface area contributed by atoms with Gasteiger partial charge in [0.25, 0.3) is 0 Å². The third kappa shape index (κ3) is 2.86. The van der Waals surface area contributed by atoms with Gasteiger partial charge in [-0.1, -0.05) is 0 Å². The van der Waals surface area contributed by atoms with E-state index in [-0.39, 0.29) is 5.54 Å². The standard InChI is InChI=1S/C14H27N3O/c1-14(11-15)7-3-8-17(14)13(18)5-4-12-6-9-16(2)10-12/h12H,3-11,15H2,1-2H3. The molecule has 4 heteroatoms. The molecule has 2 rings (SSSR count). The maximum Gasteiger partial charge on any atom is 0.223 e. The van der Waals surface area contributed by atoms with Crippen LogP contribution in [0.2, 0.25) is 0 Å². The molecule has 2 aliphatic rings. The molecule has 0 aromatic heterocycles. The molecular formula is C14H27N3O. The Morgan fingerprint density at radius 2 is 2.22 bits per heavy atom. The van der Waals surface area contributed by atoms with Crippen molar-refractivity contribution in [3.8, 4) is 0 Å². The molecular weight excluding hydrogens is 226 g/mol. The van der Waals surface area contributed by atoms with Gasteiger partial charge in [0.05, 0.1) is 5.54 Å².